The van der Waals surface area contributed by atoms with E-state index in [1.54, 1.807) is 19.5 Å². The Morgan fingerprint density at radius 2 is 2.00 bits per heavy atom. The molecule has 0 unspecified atom stereocenters. The van der Waals surface area contributed by atoms with Gasteiger partial charge in [-0.1, -0.05) is 11.6 Å². The molecule has 0 saturated carbocycles. The van der Waals surface area contributed by atoms with Crippen LogP contribution in [0.5, 0.6) is 5.75 Å². The summed E-state index contributed by atoms with van der Waals surface area (Å²) in [6.07, 6.45) is 1.73. The molecule has 0 aliphatic heterocycles. The van der Waals surface area contributed by atoms with E-state index < -0.39 is 0 Å². The average Bonchev–Trinajstić information content (AvgIpc) is 2.77. The second kappa shape index (κ2) is 4.61. The van der Waals surface area contributed by atoms with Crippen molar-refractivity contribution in [1.82, 2.24) is 14.8 Å². The number of rotatable bonds is 2. The molecule has 0 amide bonds. The molecule has 0 aliphatic carbocycles. The summed E-state index contributed by atoms with van der Waals surface area (Å²) in [7, 11) is 1.62. The van der Waals surface area contributed by atoms with E-state index in [0.717, 1.165) is 11.4 Å². The van der Waals surface area contributed by atoms with E-state index in [2.05, 4.69) is 31.0 Å². The first-order chi connectivity index (χ1) is 8.43. The fraction of sp³-hybridized carbons (Fsp3) is 0.385. The van der Waals surface area contributed by atoms with Crippen molar-refractivity contribution in [1.29, 1.82) is 0 Å². The van der Waals surface area contributed by atoms with Crippen molar-refractivity contribution in [2.45, 2.75) is 26.3 Å². The van der Waals surface area contributed by atoms with Gasteiger partial charge in [-0.15, -0.1) is 10.2 Å². The number of ether oxygens (including phenoxy) is 1. The molecule has 1 aromatic carbocycles. The number of aromatic nitrogens is 3. The van der Waals surface area contributed by atoms with E-state index in [9.17, 15) is 0 Å². The third-order valence-electron chi connectivity index (χ3n) is 2.67. The lowest BCUT2D eigenvalue weighted by atomic mass is 10.1. The Hall–Kier alpha value is -1.55. The maximum Gasteiger partial charge on any atom is 0.167 e. The Kier molecular flexibility index (Phi) is 3.30. The molecule has 2 rings (SSSR count). The Morgan fingerprint density at radius 1 is 1.28 bits per heavy atom. The SMILES string of the molecule is COc1cc(Cl)ccc1-c1nncn1C(C)(C)C. The first kappa shape index (κ1) is 12.9. The van der Waals surface area contributed by atoms with E-state index >= 15 is 0 Å². The molecule has 0 N–H and O–H groups in total. The number of hydrogen-bond acceptors (Lipinski definition) is 3. The molecule has 96 valence electrons. The topological polar surface area (TPSA) is 39.9 Å². The van der Waals surface area contributed by atoms with Crippen LogP contribution in [0, 0.1) is 0 Å². The molecule has 5 heteroatoms. The van der Waals surface area contributed by atoms with Gasteiger partial charge in [-0.05, 0) is 39.0 Å². The van der Waals surface area contributed by atoms with Crippen LogP contribution in [0.15, 0.2) is 24.5 Å². The Morgan fingerprint density at radius 3 is 2.61 bits per heavy atom. The summed E-state index contributed by atoms with van der Waals surface area (Å²) >= 11 is 5.96. The maximum absolute atomic E-state index is 5.96. The Bertz CT molecular complexity index is 558. The van der Waals surface area contributed by atoms with Crippen molar-refractivity contribution in [2.75, 3.05) is 7.11 Å². The van der Waals surface area contributed by atoms with Gasteiger partial charge in [0.2, 0.25) is 0 Å². The molecule has 0 aliphatic rings. The third-order valence-corrected chi connectivity index (χ3v) is 2.91. The molecular formula is C13H16ClN3O. The highest BCUT2D eigenvalue weighted by Gasteiger charge is 2.20. The highest BCUT2D eigenvalue weighted by molar-refractivity contribution is 6.30. The molecule has 0 spiro atoms. The van der Waals surface area contributed by atoms with Crippen molar-refractivity contribution >= 4 is 11.6 Å². The zero-order valence-electron chi connectivity index (χ0n) is 10.9. The number of benzene rings is 1. The molecule has 0 bridgehead atoms. The highest BCUT2D eigenvalue weighted by atomic mass is 35.5. The van der Waals surface area contributed by atoms with Crippen LogP contribution in [0.2, 0.25) is 5.02 Å². The van der Waals surface area contributed by atoms with Gasteiger partial charge in [0, 0.05) is 10.6 Å². The van der Waals surface area contributed by atoms with Gasteiger partial charge < -0.3 is 9.30 Å². The molecule has 2 aromatic rings. The monoisotopic (exact) mass is 265 g/mol. The van der Waals surface area contributed by atoms with Gasteiger partial charge in [0.1, 0.15) is 12.1 Å². The van der Waals surface area contributed by atoms with Gasteiger partial charge in [-0.3, -0.25) is 0 Å². The second-order valence-corrected chi connectivity index (χ2v) is 5.48. The van der Waals surface area contributed by atoms with Gasteiger partial charge in [0.25, 0.3) is 0 Å². The molecule has 4 nitrogen and oxygen atoms in total. The van der Waals surface area contributed by atoms with Crippen molar-refractivity contribution in [3.05, 3.63) is 29.5 Å². The molecule has 1 heterocycles. The lowest BCUT2D eigenvalue weighted by molar-refractivity contribution is 0.395. The number of hydrogen-bond donors (Lipinski definition) is 0. The van der Waals surface area contributed by atoms with Crippen molar-refractivity contribution in [2.24, 2.45) is 0 Å². The van der Waals surface area contributed by atoms with Crippen molar-refractivity contribution in [3.63, 3.8) is 0 Å². The van der Waals surface area contributed by atoms with Gasteiger partial charge >= 0.3 is 0 Å². The molecule has 0 saturated heterocycles. The van der Waals surface area contributed by atoms with E-state index in [4.69, 9.17) is 16.3 Å². The second-order valence-electron chi connectivity index (χ2n) is 5.04. The predicted octanol–water partition coefficient (Wildman–Crippen LogP) is 3.36. The quantitative estimate of drug-likeness (QED) is 0.836. The van der Waals surface area contributed by atoms with Crippen molar-refractivity contribution < 1.29 is 4.74 Å². The summed E-state index contributed by atoms with van der Waals surface area (Å²) in [5.41, 5.74) is 0.790. The first-order valence-electron chi connectivity index (χ1n) is 5.68. The normalized spacial score (nSPS) is 11.6. The van der Waals surface area contributed by atoms with Crippen molar-refractivity contribution in [3.8, 4) is 17.1 Å². The zero-order valence-corrected chi connectivity index (χ0v) is 11.7. The third kappa shape index (κ3) is 2.34. The van der Waals surface area contributed by atoms with E-state index in [1.807, 2.05) is 16.7 Å². The van der Waals surface area contributed by atoms with E-state index in [-0.39, 0.29) is 5.54 Å². The molecule has 0 atom stereocenters. The summed E-state index contributed by atoms with van der Waals surface area (Å²) < 4.78 is 7.36. The summed E-state index contributed by atoms with van der Waals surface area (Å²) in [5, 5.41) is 8.80. The Balaban J connectivity index is 2.59. The first-order valence-corrected chi connectivity index (χ1v) is 6.05. The minimum atomic E-state index is -0.0938. The zero-order chi connectivity index (χ0) is 13.3. The number of methoxy groups -OCH3 is 1. The average molecular weight is 266 g/mol. The standard InChI is InChI=1S/C13H16ClN3O/c1-13(2,3)17-8-15-16-12(17)10-6-5-9(14)7-11(10)18-4/h5-8H,1-4H3. The van der Waals surface area contributed by atoms with Gasteiger partial charge in [-0.2, -0.15) is 0 Å². The number of nitrogens with zero attached hydrogens (tertiary/aromatic N) is 3. The molecular weight excluding hydrogens is 250 g/mol. The van der Waals surface area contributed by atoms with E-state index in [1.165, 1.54) is 0 Å². The van der Waals surface area contributed by atoms with Crippen LogP contribution in [0.4, 0.5) is 0 Å². The van der Waals surface area contributed by atoms with Gasteiger partial charge in [-0.25, -0.2) is 0 Å². The van der Waals surface area contributed by atoms with Crippen LogP contribution in [0.25, 0.3) is 11.4 Å². The summed E-state index contributed by atoms with van der Waals surface area (Å²) in [6, 6.07) is 5.49. The molecule has 0 radical (unpaired) electrons. The molecule has 0 fully saturated rings. The van der Waals surface area contributed by atoms with Crippen LogP contribution in [-0.4, -0.2) is 21.9 Å². The lowest BCUT2D eigenvalue weighted by Gasteiger charge is -2.22. The summed E-state index contributed by atoms with van der Waals surface area (Å²) in [4.78, 5) is 0. The largest absolute Gasteiger partial charge is 0.496 e. The van der Waals surface area contributed by atoms with Crippen LogP contribution in [-0.2, 0) is 5.54 Å². The maximum atomic E-state index is 5.96. The molecule has 18 heavy (non-hydrogen) atoms. The fourth-order valence-electron chi connectivity index (χ4n) is 1.76. The van der Waals surface area contributed by atoms with Crippen LogP contribution in [0.3, 0.4) is 0 Å². The van der Waals surface area contributed by atoms with Gasteiger partial charge in [0.05, 0.1) is 12.7 Å². The minimum Gasteiger partial charge on any atom is -0.496 e. The highest BCUT2D eigenvalue weighted by Crippen LogP contribution is 2.33. The van der Waals surface area contributed by atoms with Crippen LogP contribution in [0.1, 0.15) is 20.8 Å². The number of halogens is 1. The van der Waals surface area contributed by atoms with Crippen LogP contribution < -0.4 is 4.74 Å². The fourth-order valence-corrected chi connectivity index (χ4v) is 1.92. The summed E-state index contributed by atoms with van der Waals surface area (Å²) in [5.74, 6) is 1.47. The van der Waals surface area contributed by atoms with Crippen LogP contribution >= 0.6 is 11.6 Å². The lowest BCUT2D eigenvalue weighted by Crippen LogP contribution is -2.22. The van der Waals surface area contributed by atoms with E-state index in [0.29, 0.717) is 10.8 Å². The van der Waals surface area contributed by atoms with Gasteiger partial charge in [0.15, 0.2) is 5.82 Å². The Labute approximate surface area is 112 Å². The smallest absolute Gasteiger partial charge is 0.167 e. The summed E-state index contributed by atoms with van der Waals surface area (Å²) in [6.45, 7) is 6.30. The molecule has 1 aromatic heterocycles. The minimum absolute atomic E-state index is 0.0938. The predicted molar refractivity (Wildman–Crippen MR) is 72.0 cm³/mol.